The third-order valence-corrected chi connectivity index (χ3v) is 19.5. The standard InChI is InChI=1S/2C27H32Cl2N2O4S/c2*1-4-7-24-27(32)31(22(5-2)17-30(3)36(33,34)23-14-15-23)25(18-10-12-20(28)13-11-18)26(35-24)19-8-6-9-21(29)16-19/h2*4,6,8-13,16,22-26H,1,5,7,14-15,17H2,2-3H3/t22-,24+,25+,26+;22-,24-,25+,26+/m00/s1. The molecule has 2 saturated carbocycles. The first kappa shape index (κ1) is 55.9. The van der Waals surface area contributed by atoms with Crippen molar-refractivity contribution in [2.75, 3.05) is 27.2 Å². The topological polar surface area (TPSA) is 134 Å². The molecule has 0 radical (unpaired) electrons. The molecule has 4 aliphatic rings. The second kappa shape index (κ2) is 24.3. The highest BCUT2D eigenvalue weighted by Crippen LogP contribution is 2.47. The van der Waals surface area contributed by atoms with E-state index < -0.39 is 56.5 Å². The minimum Gasteiger partial charge on any atom is -0.358 e. The summed E-state index contributed by atoms with van der Waals surface area (Å²) in [5.41, 5.74) is 3.37. The van der Waals surface area contributed by atoms with Crippen LogP contribution in [0.5, 0.6) is 0 Å². The van der Waals surface area contributed by atoms with Crippen molar-refractivity contribution in [3.8, 4) is 0 Å². The Morgan fingerprint density at radius 1 is 0.569 bits per heavy atom. The van der Waals surface area contributed by atoms with Crippen LogP contribution in [0, 0.1) is 0 Å². The number of hydrogen-bond donors (Lipinski definition) is 0. The van der Waals surface area contributed by atoms with E-state index in [1.807, 2.05) is 84.3 Å². The molecule has 2 aliphatic heterocycles. The van der Waals surface area contributed by atoms with Gasteiger partial charge in [-0.15, -0.1) is 13.2 Å². The minimum atomic E-state index is -3.40. The first-order chi connectivity index (χ1) is 34.3. The molecule has 2 amide bonds. The van der Waals surface area contributed by atoms with E-state index >= 15 is 0 Å². The Morgan fingerprint density at radius 3 is 1.21 bits per heavy atom. The Balaban J connectivity index is 0.000000211. The van der Waals surface area contributed by atoms with Gasteiger partial charge in [-0.2, -0.15) is 0 Å². The number of sulfonamides is 2. The number of benzene rings is 4. The summed E-state index contributed by atoms with van der Waals surface area (Å²) >= 11 is 25.1. The summed E-state index contributed by atoms with van der Waals surface area (Å²) in [6.07, 6.45) is 5.38. The van der Waals surface area contributed by atoms with Gasteiger partial charge in [0.15, 0.2) is 0 Å². The number of morpholine rings is 2. The fraction of sp³-hybridized carbons (Fsp3) is 0.444. The Kier molecular flexibility index (Phi) is 18.8. The second-order valence-electron chi connectivity index (χ2n) is 18.9. The van der Waals surface area contributed by atoms with Gasteiger partial charge >= 0.3 is 0 Å². The molecule has 12 nitrogen and oxygen atoms in total. The molecular formula is C54H64Cl4N4O8S2. The Bertz CT molecular complexity index is 2590. The van der Waals surface area contributed by atoms with E-state index in [-0.39, 0.29) is 47.5 Å². The van der Waals surface area contributed by atoms with Crippen LogP contribution in [0.4, 0.5) is 0 Å². The molecule has 8 rings (SSSR count). The number of rotatable bonds is 20. The number of amides is 2. The lowest BCUT2D eigenvalue weighted by molar-refractivity contribution is -0.179. The van der Waals surface area contributed by atoms with Crippen LogP contribution >= 0.6 is 46.4 Å². The van der Waals surface area contributed by atoms with Gasteiger partial charge in [0.2, 0.25) is 20.0 Å². The number of nitrogens with zero attached hydrogens (tertiary/aromatic N) is 4. The maximum atomic E-state index is 13.9. The smallest absolute Gasteiger partial charge is 0.252 e. The highest BCUT2D eigenvalue weighted by molar-refractivity contribution is 7.90. The molecule has 4 aromatic rings. The van der Waals surface area contributed by atoms with Crippen molar-refractivity contribution >= 4 is 78.3 Å². The quantitative estimate of drug-likeness (QED) is 0.0799. The van der Waals surface area contributed by atoms with Gasteiger partial charge in [-0.05, 0) is 109 Å². The molecule has 0 unspecified atom stereocenters. The van der Waals surface area contributed by atoms with Crippen molar-refractivity contribution in [2.24, 2.45) is 0 Å². The van der Waals surface area contributed by atoms with Crippen molar-refractivity contribution in [1.82, 2.24) is 18.4 Å². The van der Waals surface area contributed by atoms with Crippen LogP contribution in [0.1, 0.15) is 112 Å². The first-order valence-electron chi connectivity index (χ1n) is 24.4. The van der Waals surface area contributed by atoms with Gasteiger partial charge < -0.3 is 19.3 Å². The average Bonchev–Trinajstić information content (AvgIpc) is 4.29. The van der Waals surface area contributed by atoms with E-state index in [1.165, 1.54) is 8.61 Å². The number of ether oxygens (including phenoxy) is 2. The lowest BCUT2D eigenvalue weighted by Gasteiger charge is -2.48. The fourth-order valence-electron chi connectivity index (χ4n) is 9.70. The van der Waals surface area contributed by atoms with Crippen molar-refractivity contribution in [3.63, 3.8) is 0 Å². The molecule has 0 bridgehead atoms. The van der Waals surface area contributed by atoms with E-state index in [0.29, 0.717) is 71.5 Å². The monoisotopic (exact) mass is 1100 g/mol. The number of carbonyl (C=O) groups excluding carboxylic acids is 2. The van der Waals surface area contributed by atoms with Crippen LogP contribution in [0.3, 0.4) is 0 Å². The molecule has 2 heterocycles. The molecule has 4 fully saturated rings. The molecule has 0 aromatic heterocycles. The largest absolute Gasteiger partial charge is 0.358 e. The Labute approximate surface area is 445 Å². The van der Waals surface area contributed by atoms with Crippen LogP contribution in [0.2, 0.25) is 20.1 Å². The zero-order chi connectivity index (χ0) is 52.1. The summed E-state index contributed by atoms with van der Waals surface area (Å²) in [6.45, 7) is 12.0. The van der Waals surface area contributed by atoms with E-state index in [2.05, 4.69) is 13.2 Å². The summed E-state index contributed by atoms with van der Waals surface area (Å²) in [5.74, 6) is -0.366. The van der Waals surface area contributed by atoms with E-state index in [4.69, 9.17) is 55.9 Å². The molecule has 18 heteroatoms. The first-order valence-corrected chi connectivity index (χ1v) is 28.9. The van der Waals surface area contributed by atoms with Crippen LogP contribution in [0.25, 0.3) is 0 Å². The maximum absolute atomic E-state index is 13.9. The predicted molar refractivity (Wildman–Crippen MR) is 287 cm³/mol. The molecule has 0 spiro atoms. The highest BCUT2D eigenvalue weighted by Gasteiger charge is 2.49. The summed E-state index contributed by atoms with van der Waals surface area (Å²) in [4.78, 5) is 31.5. The van der Waals surface area contributed by atoms with Gasteiger partial charge in [0, 0.05) is 72.2 Å². The van der Waals surface area contributed by atoms with Gasteiger partial charge in [-0.25, -0.2) is 25.4 Å². The summed E-state index contributed by atoms with van der Waals surface area (Å²) in [6, 6.07) is 27.8. The molecule has 8 atom stereocenters. The lowest BCUT2D eigenvalue weighted by atomic mass is 9.89. The normalized spacial score (nSPS) is 23.6. The van der Waals surface area contributed by atoms with E-state index in [9.17, 15) is 26.4 Å². The Morgan fingerprint density at radius 2 is 0.917 bits per heavy atom. The van der Waals surface area contributed by atoms with Gasteiger partial charge in [-0.3, -0.25) is 9.59 Å². The number of likely N-dealkylation sites (N-methyl/N-ethyl adjacent to an activating group) is 2. The van der Waals surface area contributed by atoms with Crippen molar-refractivity contribution in [2.45, 2.75) is 124 Å². The molecule has 72 heavy (non-hydrogen) atoms. The highest BCUT2D eigenvalue weighted by atomic mass is 35.5. The van der Waals surface area contributed by atoms with E-state index in [1.54, 1.807) is 62.6 Å². The zero-order valence-electron chi connectivity index (χ0n) is 41.0. The minimum absolute atomic E-state index is 0.183. The Hall–Kier alpha value is -3.80. The van der Waals surface area contributed by atoms with Crippen LogP contribution in [-0.4, -0.2) is 109 Å². The van der Waals surface area contributed by atoms with Gasteiger partial charge in [0.1, 0.15) is 24.4 Å². The third-order valence-electron chi connectivity index (χ3n) is 13.8. The van der Waals surface area contributed by atoms with Gasteiger partial charge in [0.25, 0.3) is 11.8 Å². The summed E-state index contributed by atoms with van der Waals surface area (Å²) in [7, 11) is -3.58. The molecule has 2 saturated heterocycles. The van der Waals surface area contributed by atoms with Gasteiger partial charge in [0.05, 0.1) is 22.6 Å². The molecular weight excluding hydrogens is 1040 g/mol. The van der Waals surface area contributed by atoms with Gasteiger partial charge in [-0.1, -0.05) is 121 Å². The van der Waals surface area contributed by atoms with Crippen LogP contribution in [0.15, 0.2) is 122 Å². The number of carbonyl (C=O) groups is 2. The molecule has 388 valence electrons. The molecule has 2 aliphatic carbocycles. The molecule has 4 aromatic carbocycles. The zero-order valence-corrected chi connectivity index (χ0v) is 45.7. The van der Waals surface area contributed by atoms with Crippen LogP contribution < -0.4 is 0 Å². The number of halogens is 4. The SMILES string of the molecule is C=CC[C@@H]1O[C@H](c2cccc(Cl)c2)[C@@H](c2ccc(Cl)cc2)N([C@@H](CC)CN(C)S(=O)(=O)C2CC2)C1=O.C=CC[C@H]1O[C@H](c2cccc(Cl)c2)[C@@H](c2ccc(Cl)cc2)N([C@@H](CC)CN(C)S(=O)(=O)C2CC2)C1=O. The number of hydrogen-bond acceptors (Lipinski definition) is 8. The van der Waals surface area contributed by atoms with Crippen LogP contribution in [-0.2, 0) is 39.1 Å². The summed E-state index contributed by atoms with van der Waals surface area (Å²) < 4.78 is 67.5. The lowest BCUT2D eigenvalue weighted by Crippen LogP contribution is -2.57. The average molecular weight is 1100 g/mol. The van der Waals surface area contributed by atoms with Crippen molar-refractivity contribution in [3.05, 3.63) is 165 Å². The maximum Gasteiger partial charge on any atom is 0.252 e. The van der Waals surface area contributed by atoms with Crippen molar-refractivity contribution in [1.29, 1.82) is 0 Å². The fourth-order valence-corrected chi connectivity index (χ4v) is 13.6. The van der Waals surface area contributed by atoms with E-state index in [0.717, 1.165) is 22.3 Å². The molecule has 0 N–H and O–H groups in total. The third kappa shape index (κ3) is 12.8. The predicted octanol–water partition coefficient (Wildman–Crippen LogP) is 11.6. The van der Waals surface area contributed by atoms with Crippen molar-refractivity contribution < 1.29 is 35.9 Å². The summed E-state index contributed by atoms with van der Waals surface area (Å²) in [5, 5.41) is 1.66. The second-order valence-corrected chi connectivity index (χ2v) is 25.3.